The highest BCUT2D eigenvalue weighted by Crippen LogP contribution is 2.26. The summed E-state index contributed by atoms with van der Waals surface area (Å²) in [5.74, 6) is -1.36. The first kappa shape index (κ1) is 26.5. The number of halogens is 1. The molecule has 1 aliphatic rings. The molecule has 5 rings (SSSR count). The molecular weight excluding hydrogens is 497 g/mol. The number of hydrogen-bond donors (Lipinski definition) is 1. The lowest BCUT2D eigenvalue weighted by Crippen LogP contribution is -2.47. The van der Waals surface area contributed by atoms with E-state index in [-0.39, 0.29) is 30.7 Å². The first-order valence-electron chi connectivity index (χ1n) is 13.3. The molecule has 202 valence electrons. The molecule has 3 aromatic carbocycles. The van der Waals surface area contributed by atoms with Gasteiger partial charge in [-0.3, -0.25) is 9.59 Å². The van der Waals surface area contributed by atoms with Gasteiger partial charge in [-0.25, -0.2) is 9.07 Å². The third kappa shape index (κ3) is 6.31. The minimum absolute atomic E-state index is 0.0896. The van der Waals surface area contributed by atoms with Crippen molar-refractivity contribution in [3.05, 3.63) is 95.3 Å². The second kappa shape index (κ2) is 12.2. The number of amides is 2. The Labute approximate surface area is 226 Å². The average Bonchev–Trinajstić information content (AvgIpc) is 3.61. The van der Waals surface area contributed by atoms with Gasteiger partial charge in [-0.15, -0.1) is 5.10 Å². The van der Waals surface area contributed by atoms with E-state index in [9.17, 15) is 9.59 Å². The molecule has 1 N–H and O–H groups in total. The van der Waals surface area contributed by atoms with Gasteiger partial charge in [-0.1, -0.05) is 65.4 Å². The number of ether oxygens (including phenoxy) is 1. The third-order valence-corrected chi connectivity index (χ3v) is 7.04. The van der Waals surface area contributed by atoms with Gasteiger partial charge < -0.3 is 15.0 Å². The number of rotatable bonds is 10. The van der Waals surface area contributed by atoms with Gasteiger partial charge in [0.2, 0.25) is 11.8 Å². The van der Waals surface area contributed by atoms with Gasteiger partial charge in [0.25, 0.3) is 0 Å². The van der Waals surface area contributed by atoms with Crippen LogP contribution in [-0.4, -0.2) is 57.5 Å². The number of fused-ring (bicyclic) bond motifs is 1. The number of benzene rings is 3. The van der Waals surface area contributed by atoms with E-state index in [4.69, 9.17) is 4.74 Å². The Morgan fingerprint density at radius 1 is 1.13 bits per heavy atom. The predicted molar refractivity (Wildman–Crippen MR) is 145 cm³/mol. The van der Waals surface area contributed by atoms with Crippen molar-refractivity contribution in [1.29, 1.82) is 0 Å². The third-order valence-electron chi connectivity index (χ3n) is 7.04. The highest BCUT2D eigenvalue weighted by atomic mass is 19.1. The molecule has 1 saturated heterocycles. The van der Waals surface area contributed by atoms with Crippen LogP contribution < -0.4 is 5.32 Å². The molecule has 0 spiro atoms. The van der Waals surface area contributed by atoms with E-state index in [0.717, 1.165) is 24.0 Å². The first-order valence-corrected chi connectivity index (χ1v) is 13.3. The molecule has 1 fully saturated rings. The Kier molecular flexibility index (Phi) is 8.27. The normalized spacial score (nSPS) is 15.8. The van der Waals surface area contributed by atoms with Crippen molar-refractivity contribution < 1.29 is 18.7 Å². The van der Waals surface area contributed by atoms with E-state index in [1.807, 2.05) is 55.5 Å². The smallest absolute Gasteiger partial charge is 0.247 e. The molecule has 1 aliphatic heterocycles. The quantitative estimate of drug-likeness (QED) is 0.336. The molecular formula is C30H32FN5O3. The lowest BCUT2D eigenvalue weighted by Gasteiger charge is -2.32. The van der Waals surface area contributed by atoms with E-state index in [1.54, 1.807) is 18.2 Å². The van der Waals surface area contributed by atoms with Crippen molar-refractivity contribution in [2.24, 2.45) is 0 Å². The Morgan fingerprint density at radius 3 is 2.74 bits per heavy atom. The summed E-state index contributed by atoms with van der Waals surface area (Å²) in [6.45, 7) is 3.03. The summed E-state index contributed by atoms with van der Waals surface area (Å²) in [5.41, 5.74) is 3.63. The summed E-state index contributed by atoms with van der Waals surface area (Å²) >= 11 is 0. The molecule has 39 heavy (non-hydrogen) atoms. The average molecular weight is 530 g/mol. The van der Waals surface area contributed by atoms with Crippen molar-refractivity contribution in [3.63, 3.8) is 0 Å². The zero-order valence-electron chi connectivity index (χ0n) is 21.9. The van der Waals surface area contributed by atoms with E-state index < -0.39 is 17.8 Å². The molecule has 9 heteroatoms. The Bertz CT molecular complexity index is 1450. The number of nitrogens with zero attached hydrogens (tertiary/aromatic N) is 4. The van der Waals surface area contributed by atoms with E-state index in [2.05, 4.69) is 15.6 Å². The minimum Gasteiger partial charge on any atom is -0.376 e. The van der Waals surface area contributed by atoms with Gasteiger partial charge in [0.15, 0.2) is 0 Å². The molecule has 2 heterocycles. The Morgan fingerprint density at radius 2 is 1.95 bits per heavy atom. The number of aromatic nitrogens is 3. The first-order chi connectivity index (χ1) is 19.0. The summed E-state index contributed by atoms with van der Waals surface area (Å²) in [5, 5.41) is 11.2. The monoisotopic (exact) mass is 529 g/mol. The van der Waals surface area contributed by atoms with Crippen LogP contribution in [0.5, 0.6) is 0 Å². The van der Waals surface area contributed by atoms with Gasteiger partial charge in [-0.05, 0) is 49.9 Å². The molecule has 0 bridgehead atoms. The molecule has 8 nitrogen and oxygen atoms in total. The maximum absolute atomic E-state index is 15.2. The Balaban J connectivity index is 1.47. The van der Waals surface area contributed by atoms with Gasteiger partial charge >= 0.3 is 0 Å². The van der Waals surface area contributed by atoms with Crippen LogP contribution >= 0.6 is 0 Å². The predicted octanol–water partition coefficient (Wildman–Crippen LogP) is 3.99. The summed E-state index contributed by atoms with van der Waals surface area (Å²) in [4.78, 5) is 29.1. The van der Waals surface area contributed by atoms with Gasteiger partial charge in [0, 0.05) is 25.3 Å². The summed E-state index contributed by atoms with van der Waals surface area (Å²) < 4.78 is 22.4. The van der Waals surface area contributed by atoms with Crippen molar-refractivity contribution in [2.75, 3.05) is 19.7 Å². The second-order valence-electron chi connectivity index (χ2n) is 9.87. The van der Waals surface area contributed by atoms with Crippen LogP contribution in [0.2, 0.25) is 0 Å². The SMILES string of the molecule is Cc1cccc(CCN(C(=O)Cn2nnc3ccccc32)[C@@H](C(=O)NC[C@@H]2CCCO2)c2ccccc2F)c1. The molecule has 0 unspecified atom stereocenters. The number of hydrogen-bond acceptors (Lipinski definition) is 5. The molecule has 2 atom stereocenters. The van der Waals surface area contributed by atoms with Crippen LogP contribution in [0.15, 0.2) is 72.8 Å². The van der Waals surface area contributed by atoms with Crippen LogP contribution in [0, 0.1) is 12.7 Å². The molecule has 2 amide bonds. The maximum Gasteiger partial charge on any atom is 0.247 e. The zero-order chi connectivity index (χ0) is 27.2. The fourth-order valence-corrected chi connectivity index (χ4v) is 5.03. The van der Waals surface area contributed by atoms with Crippen molar-refractivity contribution in [1.82, 2.24) is 25.2 Å². The number of aryl methyl sites for hydroxylation is 1. The van der Waals surface area contributed by atoms with Crippen molar-refractivity contribution in [3.8, 4) is 0 Å². The van der Waals surface area contributed by atoms with Crippen LogP contribution in [0.25, 0.3) is 11.0 Å². The largest absolute Gasteiger partial charge is 0.376 e. The Hall–Kier alpha value is -4.11. The topological polar surface area (TPSA) is 89.4 Å². The number of carbonyl (C=O) groups excluding carboxylic acids is 2. The molecule has 0 saturated carbocycles. The zero-order valence-corrected chi connectivity index (χ0v) is 21.9. The maximum atomic E-state index is 15.2. The molecule has 1 aromatic heterocycles. The van der Waals surface area contributed by atoms with E-state index in [0.29, 0.717) is 30.6 Å². The second-order valence-corrected chi connectivity index (χ2v) is 9.87. The van der Waals surface area contributed by atoms with Crippen LogP contribution in [-0.2, 0) is 27.3 Å². The number of carbonyl (C=O) groups is 2. The summed E-state index contributed by atoms with van der Waals surface area (Å²) in [7, 11) is 0. The van der Waals surface area contributed by atoms with Crippen LogP contribution in [0.1, 0.15) is 35.6 Å². The standard InChI is InChI=1S/C30H32FN5O3/c1-21-8-6-9-22(18-21)15-16-35(28(37)20-36-27-14-5-4-13-26(27)33-34-36)29(24-11-2-3-12-25(24)31)30(38)32-19-23-10-7-17-39-23/h2-6,8-9,11-14,18,23,29H,7,10,15-17,19-20H2,1H3,(H,32,38)/t23-,29+/m0/s1. The number of nitrogens with one attached hydrogen (secondary N) is 1. The highest BCUT2D eigenvalue weighted by molar-refractivity contribution is 5.89. The lowest BCUT2D eigenvalue weighted by atomic mass is 10.0. The van der Waals surface area contributed by atoms with E-state index in [1.165, 1.54) is 15.6 Å². The summed E-state index contributed by atoms with van der Waals surface area (Å²) in [6.07, 6.45) is 2.19. The minimum atomic E-state index is -1.17. The van der Waals surface area contributed by atoms with Crippen molar-refractivity contribution >= 4 is 22.8 Å². The van der Waals surface area contributed by atoms with Crippen LogP contribution in [0.4, 0.5) is 4.39 Å². The fourth-order valence-electron chi connectivity index (χ4n) is 5.03. The van der Waals surface area contributed by atoms with E-state index >= 15 is 4.39 Å². The van der Waals surface area contributed by atoms with Gasteiger partial charge in [0.05, 0.1) is 11.6 Å². The van der Waals surface area contributed by atoms with Crippen LogP contribution in [0.3, 0.4) is 0 Å². The molecule has 4 aromatic rings. The highest BCUT2D eigenvalue weighted by Gasteiger charge is 2.34. The van der Waals surface area contributed by atoms with Crippen molar-refractivity contribution in [2.45, 2.75) is 44.9 Å². The van der Waals surface area contributed by atoms with Gasteiger partial charge in [-0.2, -0.15) is 0 Å². The fraction of sp³-hybridized carbons (Fsp3) is 0.333. The summed E-state index contributed by atoms with van der Waals surface area (Å²) in [6, 6.07) is 20.3. The molecule has 0 aliphatic carbocycles. The lowest BCUT2D eigenvalue weighted by molar-refractivity contribution is -0.141. The van der Waals surface area contributed by atoms with Gasteiger partial charge in [0.1, 0.15) is 23.9 Å². The molecule has 0 radical (unpaired) electrons. The number of para-hydroxylation sites is 1.